The molecule has 5 rings (SSSR count). The molecule has 4 aliphatic heterocycles. The Balaban J connectivity index is 1.61. The van der Waals surface area contributed by atoms with E-state index >= 15 is 0 Å². The van der Waals surface area contributed by atoms with E-state index in [1.807, 2.05) is 44.2 Å². The fraction of sp³-hybridized carbons (Fsp3) is 0.820. The molecule has 20 heteroatoms. The Labute approximate surface area is 421 Å². The van der Waals surface area contributed by atoms with Crippen molar-refractivity contribution in [1.82, 2.24) is 0 Å². The number of hydroxylamine groups is 3. The van der Waals surface area contributed by atoms with Crippen molar-refractivity contribution in [3.8, 4) is 0 Å². The molecule has 4 saturated heterocycles. The van der Waals surface area contributed by atoms with Crippen LogP contribution in [-0.4, -0.2) is 162 Å². The third-order valence-electron chi connectivity index (χ3n) is 14.8. The zero-order chi connectivity index (χ0) is 52.5. The number of nitrogens with zero attached hydrogens (tertiary/aromatic N) is 1. The maximum Gasteiger partial charge on any atom is 0.509 e. The van der Waals surface area contributed by atoms with Crippen LogP contribution in [0.1, 0.15) is 108 Å². The lowest BCUT2D eigenvalue weighted by atomic mass is 9.72. The van der Waals surface area contributed by atoms with Crippen LogP contribution in [0.15, 0.2) is 30.3 Å². The van der Waals surface area contributed by atoms with Gasteiger partial charge in [-0.2, -0.15) is 0 Å². The van der Waals surface area contributed by atoms with E-state index in [1.54, 1.807) is 69.2 Å². The maximum absolute atomic E-state index is 14.8. The smallest absolute Gasteiger partial charge is 0.509 e. The Kier molecular flexibility index (Phi) is 18.9. The van der Waals surface area contributed by atoms with Crippen molar-refractivity contribution in [3.05, 3.63) is 41.1 Å². The van der Waals surface area contributed by atoms with Gasteiger partial charge in [0.25, 0.3) is 0 Å². The average Bonchev–Trinajstić information content (AvgIpc) is 3.28. The fourth-order valence-corrected chi connectivity index (χ4v) is 11.8. The normalized spacial score (nSPS) is 42.9. The summed E-state index contributed by atoms with van der Waals surface area (Å²) in [5.74, 6) is -5.05. The molecule has 2 N–H and O–H groups in total. The number of aliphatic hydroxyl groups is 2. The third-order valence-corrected chi connectivity index (χ3v) is 16.1. The molecule has 0 aromatic heterocycles. The fourth-order valence-electron chi connectivity index (χ4n) is 11.1. The summed E-state index contributed by atoms with van der Waals surface area (Å²) in [4.78, 5) is 40.0. The quantitative estimate of drug-likeness (QED) is 0.0754. The van der Waals surface area contributed by atoms with Crippen LogP contribution in [0.3, 0.4) is 0 Å². The van der Waals surface area contributed by atoms with Crippen LogP contribution in [-0.2, 0) is 68.2 Å². The van der Waals surface area contributed by atoms with Crippen LogP contribution in [0, 0.1) is 28.9 Å². The molecule has 0 radical (unpaired) electrons. The highest BCUT2D eigenvalue weighted by atomic mass is 79.9. The number of carbonyl (C=O) groups is 3. The van der Waals surface area contributed by atoms with Gasteiger partial charge >= 0.3 is 18.3 Å². The number of alkyl halides is 1. The molecular weight excluding hydrogens is 982 g/mol. The largest absolute Gasteiger partial charge is 0.633 e. The number of quaternary nitrogens is 1. The van der Waals surface area contributed by atoms with Gasteiger partial charge in [-0.15, -0.1) is 0 Å². The van der Waals surface area contributed by atoms with Crippen molar-refractivity contribution in [2.24, 2.45) is 23.7 Å². The third kappa shape index (κ3) is 13.0. The number of halogens is 1. The molecule has 0 saturated carbocycles. The molecule has 0 amide bonds. The second-order valence-electron chi connectivity index (χ2n) is 21.4. The van der Waals surface area contributed by atoms with E-state index in [0.29, 0.717) is 0 Å². The summed E-state index contributed by atoms with van der Waals surface area (Å²) in [5.41, 5.74) is -4.14. The zero-order valence-electron chi connectivity index (χ0n) is 43.8. The lowest BCUT2D eigenvalue weighted by Crippen LogP contribution is -2.66. The van der Waals surface area contributed by atoms with Crippen LogP contribution >= 0.6 is 15.9 Å². The van der Waals surface area contributed by atoms with Crippen molar-refractivity contribution < 1.29 is 86.1 Å². The number of hydrogen-bond donors (Lipinski definition) is 2. The number of methoxy groups -OCH3 is 2. The van der Waals surface area contributed by atoms with Crippen molar-refractivity contribution in [3.63, 3.8) is 0 Å². The summed E-state index contributed by atoms with van der Waals surface area (Å²) in [7, 11) is 5.45. The number of carbonyl (C=O) groups excluding carboxylic acids is 3. The second kappa shape index (κ2) is 22.8. The van der Waals surface area contributed by atoms with Gasteiger partial charge in [-0.3, -0.25) is 4.79 Å². The van der Waals surface area contributed by atoms with E-state index in [9.17, 15) is 29.8 Å². The Morgan fingerprint density at radius 3 is 2.09 bits per heavy atom. The molecule has 0 unspecified atom stereocenters. The van der Waals surface area contributed by atoms with Gasteiger partial charge in [0.2, 0.25) is 12.4 Å². The highest BCUT2D eigenvalue weighted by Crippen LogP contribution is 2.47. The molecule has 4 aliphatic rings. The molecule has 400 valence electrons. The topological polar surface area (TPSA) is 225 Å². The summed E-state index contributed by atoms with van der Waals surface area (Å²) in [6.45, 7) is 20.8. The minimum atomic E-state index is -1.84. The average molecular weight is 1060 g/mol. The summed E-state index contributed by atoms with van der Waals surface area (Å²) in [6.07, 6.45) is -13.3. The van der Waals surface area contributed by atoms with Crippen LogP contribution in [0.2, 0.25) is 0 Å². The molecule has 1 aromatic carbocycles. The molecule has 0 spiro atoms. The molecule has 4 fully saturated rings. The summed E-state index contributed by atoms with van der Waals surface area (Å²) in [6, 6.07) is 8.23. The molecule has 19 nitrogen and oxygen atoms in total. The van der Waals surface area contributed by atoms with Gasteiger partial charge < -0.3 is 76.9 Å². The number of likely N-dealkylation sites (N-methyl/N-ethyl adjacent to an activating group) is 1. The van der Waals surface area contributed by atoms with Gasteiger partial charge in [0.1, 0.15) is 30.0 Å². The van der Waals surface area contributed by atoms with E-state index in [4.69, 9.17) is 56.8 Å². The maximum atomic E-state index is 14.8. The summed E-state index contributed by atoms with van der Waals surface area (Å²) in [5, 5.41) is 39.4. The van der Waals surface area contributed by atoms with E-state index in [2.05, 4.69) is 15.9 Å². The molecule has 2 bridgehead atoms. The van der Waals surface area contributed by atoms with Crippen molar-refractivity contribution in [2.75, 3.05) is 28.3 Å². The first-order valence-corrected chi connectivity index (χ1v) is 25.3. The monoisotopic (exact) mass is 1060 g/mol. The van der Waals surface area contributed by atoms with E-state index in [-0.39, 0.29) is 25.9 Å². The minimum absolute atomic E-state index is 0.0151. The molecular formula is C50H80BrNO18. The molecule has 70 heavy (non-hydrogen) atoms. The van der Waals surface area contributed by atoms with Crippen LogP contribution in [0.25, 0.3) is 0 Å². The predicted octanol–water partition coefficient (Wildman–Crippen LogP) is 6.91. The van der Waals surface area contributed by atoms with Crippen LogP contribution in [0.5, 0.6) is 0 Å². The van der Waals surface area contributed by atoms with E-state index in [0.717, 1.165) is 12.7 Å². The number of cyclic esters (lactones) is 1. The Hall–Kier alpha value is -2.73. The first-order valence-electron chi connectivity index (χ1n) is 24.4. The van der Waals surface area contributed by atoms with Crippen molar-refractivity contribution in [1.29, 1.82) is 0 Å². The predicted molar refractivity (Wildman–Crippen MR) is 256 cm³/mol. The SMILES string of the molecule is CC[C@H]1OC(=O)[C@H](C)[C@@H](O[C@@H]2O[C@@H](C)[C@H](OC(=O)OCc3ccccc3)[C@@](C)(OC)[C@@H]2Br)[C@H](C)[C@@H](O[C@@H]2O[C@H](C)C[C@H]([N+](C)(C)[O-])[C@H]2OC(=O)OC)[C@](C)(O)C[C@@H](C)[C@@H]2OC(C)(C)O[C@@H]([C@@H]2C)[C@]1(C)O. The Morgan fingerprint density at radius 2 is 1.50 bits per heavy atom. The summed E-state index contributed by atoms with van der Waals surface area (Å²) < 4.78 is 73.4. The Bertz CT molecular complexity index is 1900. The van der Waals surface area contributed by atoms with Crippen molar-refractivity contribution >= 4 is 34.2 Å². The number of ether oxygens (including phenoxy) is 12. The first-order chi connectivity index (χ1) is 32.4. The first kappa shape index (κ1) is 58.2. The molecule has 4 heterocycles. The molecule has 0 aliphatic carbocycles. The number of benzene rings is 1. The lowest BCUT2D eigenvalue weighted by molar-refractivity contribution is -0.874. The lowest BCUT2D eigenvalue weighted by Gasteiger charge is -2.54. The van der Waals surface area contributed by atoms with Crippen LogP contribution < -0.4 is 0 Å². The molecule has 1 aromatic rings. The van der Waals surface area contributed by atoms with Gasteiger partial charge in [0, 0.05) is 25.4 Å². The highest BCUT2D eigenvalue weighted by molar-refractivity contribution is 9.09. The second-order valence-corrected chi connectivity index (χ2v) is 22.4. The summed E-state index contributed by atoms with van der Waals surface area (Å²) >= 11 is 3.75. The van der Waals surface area contributed by atoms with E-state index < -0.39 is 148 Å². The van der Waals surface area contributed by atoms with Gasteiger partial charge in [0.15, 0.2) is 18.2 Å². The van der Waals surface area contributed by atoms with E-state index in [1.165, 1.54) is 21.2 Å². The number of rotatable bonds is 11. The zero-order valence-corrected chi connectivity index (χ0v) is 45.4. The Morgan fingerprint density at radius 1 is 0.857 bits per heavy atom. The number of fused-ring (bicyclic) bond motifs is 2. The minimum Gasteiger partial charge on any atom is -0.633 e. The van der Waals surface area contributed by atoms with Crippen LogP contribution in [0.4, 0.5) is 9.59 Å². The van der Waals surface area contributed by atoms with Gasteiger partial charge in [-0.05, 0) is 79.7 Å². The van der Waals surface area contributed by atoms with Gasteiger partial charge in [0.05, 0.1) is 74.2 Å². The molecule has 20 atom stereocenters. The highest BCUT2D eigenvalue weighted by Gasteiger charge is 2.59. The van der Waals surface area contributed by atoms with Crippen molar-refractivity contribution in [2.45, 2.75) is 210 Å². The van der Waals surface area contributed by atoms with Gasteiger partial charge in [-0.1, -0.05) is 74.0 Å². The number of hydrogen-bond acceptors (Lipinski definition) is 18. The standard InChI is InChI=1S/C50H80BrNO18/c1-17-34-49(11,57)40-28(4)35(69-47(8,9)70-40)26(2)24-48(10,56)39(67-43-37(66-45(54)59-15)33(52(13,14)58)23-27(3)62-43)29(5)36(30(6)42(53)64-34)65-44-38(51)50(12,60-16)41(31(7)63-44)68-46(55)61-25-32-21-19-18-20-22-32/h18-22,26-31,33-41,43-44,56-57H,17,23-25H2,1-16H3/t26-,27-,28-,29+,30-,31+,33+,34-,35+,36+,37-,38-,39-,40+,41+,43+,44+,48-,49-,50+/m1/s1. The van der Waals surface area contributed by atoms with Gasteiger partial charge in [-0.25, -0.2) is 9.59 Å². The number of esters is 1.